The molecular weight excluding hydrogens is 752 g/mol. The SMILES string of the molecule is FC(F)(F)C(F)(F)C(F)(F)C(F)(F)[P-](F)(F)(F)(C(F)(F)C(F)(F)C(F)(F)C(F)(F)F)C(F)(F)C(F)(F)C(F)(F)C(F)(F)F.[Li+]. The average molecular weight is 752 g/mol. The number of hydrogen-bond donors (Lipinski definition) is 0. The summed E-state index contributed by atoms with van der Waals surface area (Å²) in [5.41, 5.74) is -35.1. The molecule has 0 saturated heterocycles. The minimum Gasteiger partial charge on any atom is 1.00 e. The molecule has 0 nitrogen and oxygen atoms in total. The van der Waals surface area contributed by atoms with E-state index in [1.165, 1.54) is 0 Å². The molecule has 0 heterocycles. The zero-order valence-corrected chi connectivity index (χ0v) is 19.7. The molecule has 0 aromatic rings. The summed E-state index contributed by atoms with van der Waals surface area (Å²) in [4.78, 5) is 0. The Morgan fingerprint density at radius 2 is 0.341 bits per heavy atom. The average Bonchev–Trinajstić information content (AvgIpc) is 2.69. The van der Waals surface area contributed by atoms with E-state index >= 15 is 0 Å². The van der Waals surface area contributed by atoms with E-state index in [2.05, 4.69) is 0 Å². The minimum absolute atomic E-state index is 0. The van der Waals surface area contributed by atoms with E-state index in [4.69, 9.17) is 0 Å². The van der Waals surface area contributed by atoms with Crippen molar-refractivity contribution in [2.24, 2.45) is 0 Å². The molecule has 0 aromatic heterocycles. The monoisotopic (exact) mass is 752 g/mol. The third kappa shape index (κ3) is 4.18. The van der Waals surface area contributed by atoms with Crippen LogP contribution in [0.25, 0.3) is 0 Å². The second-order valence-corrected chi connectivity index (χ2v) is 12.1. The van der Waals surface area contributed by atoms with Crippen LogP contribution < -0.4 is 18.9 Å². The van der Waals surface area contributed by atoms with Crippen LogP contribution in [-0.4, -0.2) is 71.1 Å². The van der Waals surface area contributed by atoms with Crippen molar-refractivity contribution in [2.75, 3.05) is 0 Å². The molecule has 0 saturated carbocycles. The summed E-state index contributed by atoms with van der Waals surface area (Å²) in [6.45, 7) is -17.5. The Kier molecular flexibility index (Phi) is 9.74. The van der Waals surface area contributed by atoms with Gasteiger partial charge in [-0.05, 0) is 0 Å². The van der Waals surface area contributed by atoms with Crippen molar-refractivity contribution in [1.82, 2.24) is 0 Å². The molecule has 264 valence electrons. The van der Waals surface area contributed by atoms with Crippen LogP contribution in [0.1, 0.15) is 0 Å². The van der Waals surface area contributed by atoms with E-state index in [1.54, 1.807) is 0 Å². The Balaban J connectivity index is 0. The van der Waals surface area contributed by atoms with Crippen LogP contribution in [-0.2, 0) is 0 Å². The summed E-state index contributed by atoms with van der Waals surface area (Å²) in [6.07, 6.45) is -26.8. The van der Waals surface area contributed by atoms with Gasteiger partial charge in [0.25, 0.3) is 0 Å². The van der Waals surface area contributed by atoms with Gasteiger partial charge >= 0.3 is 228 Å². The molecule has 0 rings (SSSR count). The van der Waals surface area contributed by atoms with Crippen LogP contribution in [0.2, 0.25) is 0 Å². The third-order valence-electron chi connectivity index (χ3n) is 5.18. The summed E-state index contributed by atoms with van der Waals surface area (Å²) in [5, 5.41) is 0. The summed E-state index contributed by atoms with van der Waals surface area (Å²) < 4.78 is 396. The second kappa shape index (κ2) is 9.51. The Hall–Kier alpha value is -1.07. The molecule has 0 aliphatic rings. The van der Waals surface area contributed by atoms with Gasteiger partial charge in [-0.3, -0.25) is 0 Å². The predicted octanol–water partition coefficient (Wildman–Crippen LogP) is 8.01. The van der Waals surface area contributed by atoms with E-state index in [1.807, 2.05) is 0 Å². The van der Waals surface area contributed by atoms with E-state index in [-0.39, 0.29) is 18.9 Å². The van der Waals surface area contributed by atoms with Crippen molar-refractivity contribution < 1.29 is 150 Å². The normalized spacial score (nSPS) is 18.4. The fourth-order valence-corrected chi connectivity index (χ4v) is 5.81. The van der Waals surface area contributed by atoms with E-state index in [0.29, 0.717) is 0 Å². The fraction of sp³-hybridized carbons (Fsp3) is 1.00. The Morgan fingerprint density at radius 3 is 0.432 bits per heavy atom. The molecule has 0 aliphatic heterocycles. The molecule has 0 aliphatic carbocycles. The largest absolute Gasteiger partial charge is 1.00 e. The van der Waals surface area contributed by atoms with Crippen molar-refractivity contribution in [1.29, 1.82) is 0 Å². The van der Waals surface area contributed by atoms with Crippen molar-refractivity contribution in [2.45, 2.75) is 71.1 Å². The van der Waals surface area contributed by atoms with Crippen LogP contribution in [0, 0.1) is 0 Å². The molecule has 0 aromatic carbocycles. The molecular formula is C12F30LiP. The van der Waals surface area contributed by atoms with Crippen LogP contribution in [0.15, 0.2) is 0 Å². The van der Waals surface area contributed by atoms with E-state index in [9.17, 15) is 131 Å². The maximum absolute atomic E-state index is 17.5. The van der Waals surface area contributed by atoms with Crippen molar-refractivity contribution in [3.8, 4) is 0 Å². The number of rotatable bonds is 9. The van der Waals surface area contributed by atoms with E-state index in [0.717, 1.165) is 0 Å². The molecule has 0 unspecified atom stereocenters. The number of hydrogen-bond acceptors (Lipinski definition) is 0. The van der Waals surface area contributed by atoms with E-state index < -0.39 is 77.9 Å². The van der Waals surface area contributed by atoms with Crippen LogP contribution in [0.3, 0.4) is 0 Å². The topological polar surface area (TPSA) is 0 Å². The summed E-state index contributed by atoms with van der Waals surface area (Å²) in [5.74, 6) is -60.9. The van der Waals surface area contributed by atoms with Crippen molar-refractivity contribution in [3.05, 3.63) is 0 Å². The van der Waals surface area contributed by atoms with Gasteiger partial charge in [0.15, 0.2) is 0 Å². The fourth-order valence-electron chi connectivity index (χ4n) is 2.53. The van der Waals surface area contributed by atoms with Gasteiger partial charge in [-0.1, -0.05) is 0 Å². The number of alkyl halides is 27. The van der Waals surface area contributed by atoms with Crippen LogP contribution in [0.4, 0.5) is 131 Å². The van der Waals surface area contributed by atoms with Crippen molar-refractivity contribution >= 4 is 6.88 Å². The summed E-state index contributed by atoms with van der Waals surface area (Å²) >= 11 is 0. The minimum atomic E-state index is -17.5. The Bertz CT molecular complexity index is 954. The molecule has 0 fully saturated rings. The maximum atomic E-state index is 14.8. The third-order valence-corrected chi connectivity index (χ3v) is 9.62. The van der Waals surface area contributed by atoms with Gasteiger partial charge in [0.05, 0.1) is 0 Å². The molecule has 0 amide bonds. The number of halogens is 30. The Labute approximate surface area is 229 Å². The first kappa shape index (κ1) is 45.1. The summed E-state index contributed by atoms with van der Waals surface area (Å²) in [7, 11) is 0. The zero-order valence-electron chi connectivity index (χ0n) is 18.8. The second-order valence-electron chi connectivity index (χ2n) is 7.85. The molecule has 0 N–H and O–H groups in total. The maximum Gasteiger partial charge on any atom is 1.00 e. The first-order valence-electron chi connectivity index (χ1n) is 8.53. The first-order valence-corrected chi connectivity index (χ1v) is 10.9. The Morgan fingerprint density at radius 1 is 0.227 bits per heavy atom. The quantitative estimate of drug-likeness (QED) is 0.127. The first-order chi connectivity index (χ1) is 17.6. The van der Waals surface area contributed by atoms with Crippen LogP contribution >= 0.6 is 6.88 Å². The molecule has 0 spiro atoms. The van der Waals surface area contributed by atoms with Gasteiger partial charge in [-0.2, -0.15) is 0 Å². The van der Waals surface area contributed by atoms with Gasteiger partial charge in [-0.15, -0.1) is 0 Å². The predicted molar refractivity (Wildman–Crippen MR) is 72.9 cm³/mol. The standard InChI is InChI=1S/C12F30P.Li/c13-1(14,7(25,26)27)4(19,20)10(34,35)43(40,41,42,11(36,37)5(21,22)2(15,16)8(28,29)30)12(38,39)6(23,24)3(17,18)9(31,32)33;/q-1;+1. The smallest absolute Gasteiger partial charge is 1.00 e. The van der Waals surface area contributed by atoms with Gasteiger partial charge < -0.3 is 0 Å². The molecule has 0 radical (unpaired) electrons. The molecule has 32 heteroatoms. The molecule has 44 heavy (non-hydrogen) atoms. The van der Waals surface area contributed by atoms with Gasteiger partial charge in [0, 0.05) is 0 Å². The van der Waals surface area contributed by atoms with Gasteiger partial charge in [-0.25, -0.2) is 0 Å². The van der Waals surface area contributed by atoms with Crippen molar-refractivity contribution in [3.63, 3.8) is 0 Å². The molecule has 0 bridgehead atoms. The molecule has 0 atom stereocenters. The zero-order chi connectivity index (χ0) is 36.4. The summed E-state index contributed by atoms with van der Waals surface area (Å²) in [6, 6.07) is 0. The van der Waals surface area contributed by atoms with Crippen LogP contribution in [0.5, 0.6) is 0 Å². The van der Waals surface area contributed by atoms with Gasteiger partial charge in [0.2, 0.25) is 0 Å². The van der Waals surface area contributed by atoms with Gasteiger partial charge in [0.1, 0.15) is 0 Å².